The van der Waals surface area contributed by atoms with Crippen molar-refractivity contribution in [2.24, 2.45) is 0 Å². The van der Waals surface area contributed by atoms with Gasteiger partial charge in [0, 0.05) is 19.4 Å². The van der Waals surface area contributed by atoms with E-state index in [-0.39, 0.29) is 11.9 Å². The molecule has 0 saturated carbocycles. The Labute approximate surface area is 205 Å². The number of aliphatic hydroxyl groups is 1. The molecule has 0 radical (unpaired) electrons. The molecular weight excluding hydrogens is 416 g/mol. The maximum absolute atomic E-state index is 11.7. The van der Waals surface area contributed by atoms with Gasteiger partial charge in [0.05, 0.1) is 0 Å². The Kier molecular flexibility index (Phi) is 30.2. The molecule has 5 heteroatoms. The molecule has 0 spiro atoms. The Morgan fingerprint density at radius 2 is 0.879 bits per heavy atom. The molecule has 0 fully saturated rings. The second-order valence-electron chi connectivity index (χ2n) is 9.06. The van der Waals surface area contributed by atoms with Crippen molar-refractivity contribution in [3.63, 3.8) is 0 Å². The topological polar surface area (TPSA) is 72.8 Å². The van der Waals surface area contributed by atoms with Crippen LogP contribution in [0.15, 0.2) is 0 Å². The van der Waals surface area contributed by atoms with Crippen molar-refractivity contribution in [2.45, 2.75) is 162 Å². The van der Waals surface area contributed by atoms with Crippen molar-refractivity contribution < 1.29 is 24.2 Å². The zero-order valence-electron chi connectivity index (χ0n) is 22.5. The lowest BCUT2D eigenvalue weighted by atomic mass is 10.1. The third-order valence-electron chi connectivity index (χ3n) is 5.60. The molecule has 1 N–H and O–H groups in total. The number of rotatable bonds is 22. The van der Waals surface area contributed by atoms with Crippen LogP contribution in [0, 0.1) is 0 Å². The van der Waals surface area contributed by atoms with E-state index in [0.717, 1.165) is 25.7 Å². The van der Waals surface area contributed by atoms with E-state index in [1.165, 1.54) is 89.9 Å². The highest BCUT2D eigenvalue weighted by molar-refractivity contribution is 5.85. The van der Waals surface area contributed by atoms with E-state index in [1.54, 1.807) is 6.92 Å². The molecule has 0 aliphatic carbocycles. The Morgan fingerprint density at radius 3 is 1.12 bits per heavy atom. The Hall–Kier alpha value is -0.940. The van der Waals surface area contributed by atoms with E-state index in [9.17, 15) is 9.59 Å². The van der Waals surface area contributed by atoms with Crippen LogP contribution in [0.4, 0.5) is 0 Å². The number of aliphatic hydroxyl groups excluding tert-OH is 1. The first-order valence-corrected chi connectivity index (χ1v) is 14.0. The quantitative estimate of drug-likeness (QED) is 0.0743. The third-order valence-corrected chi connectivity index (χ3v) is 5.60. The van der Waals surface area contributed by atoms with Gasteiger partial charge in [0.25, 0.3) is 0 Å². The minimum atomic E-state index is -0.602. The van der Waals surface area contributed by atoms with E-state index in [2.05, 4.69) is 18.6 Å². The molecule has 0 aliphatic heterocycles. The van der Waals surface area contributed by atoms with Gasteiger partial charge in [-0.1, -0.05) is 117 Å². The Morgan fingerprint density at radius 1 is 0.576 bits per heavy atom. The minimum absolute atomic E-state index is 0.334. The highest BCUT2D eigenvalue weighted by atomic mass is 16.6. The predicted octanol–water partition coefficient (Wildman–Crippen LogP) is 8.26. The molecule has 5 nitrogen and oxygen atoms in total. The Bertz CT molecular complexity index is 377. The zero-order chi connectivity index (χ0) is 25.0. The van der Waals surface area contributed by atoms with Gasteiger partial charge in [0.15, 0.2) is 6.29 Å². The van der Waals surface area contributed by atoms with E-state index in [0.29, 0.717) is 19.4 Å². The number of hydrogen-bond acceptors (Lipinski definition) is 5. The van der Waals surface area contributed by atoms with Crippen molar-refractivity contribution in [3.05, 3.63) is 0 Å². The summed E-state index contributed by atoms with van der Waals surface area (Å²) >= 11 is 0. The van der Waals surface area contributed by atoms with E-state index >= 15 is 0 Å². The molecule has 0 amide bonds. The van der Waals surface area contributed by atoms with Crippen LogP contribution in [-0.2, 0) is 19.1 Å². The number of hydrogen-bond donors (Lipinski definition) is 1. The molecule has 0 aromatic heterocycles. The average Bonchev–Trinajstić information content (AvgIpc) is 2.77. The van der Waals surface area contributed by atoms with Crippen LogP contribution in [0.1, 0.15) is 156 Å². The second-order valence-corrected chi connectivity index (χ2v) is 9.06. The van der Waals surface area contributed by atoms with Gasteiger partial charge in [-0.3, -0.25) is 9.59 Å². The van der Waals surface area contributed by atoms with E-state index < -0.39 is 6.29 Å². The van der Waals surface area contributed by atoms with Crippen LogP contribution in [0.5, 0.6) is 0 Å². The third kappa shape index (κ3) is 33.3. The van der Waals surface area contributed by atoms with Gasteiger partial charge in [0.2, 0.25) is 0 Å². The lowest BCUT2D eigenvalue weighted by Gasteiger charge is -2.04. The highest BCUT2D eigenvalue weighted by Gasteiger charge is 2.09. The molecule has 0 aliphatic rings. The molecule has 0 rings (SSSR count). The maximum Gasteiger partial charge on any atom is 0.313 e. The van der Waals surface area contributed by atoms with Gasteiger partial charge in [-0.05, 0) is 26.7 Å². The van der Waals surface area contributed by atoms with E-state index in [1.807, 2.05) is 6.92 Å². The van der Waals surface area contributed by atoms with Crippen LogP contribution in [-0.4, -0.2) is 29.9 Å². The van der Waals surface area contributed by atoms with Crippen LogP contribution >= 0.6 is 0 Å². The van der Waals surface area contributed by atoms with E-state index in [4.69, 9.17) is 9.84 Å². The summed E-state index contributed by atoms with van der Waals surface area (Å²) in [6.45, 7) is 8.48. The molecule has 1 unspecified atom stereocenters. The molecule has 0 aromatic carbocycles. The molecule has 0 bridgehead atoms. The fraction of sp³-hybridized carbons (Fsp3) is 0.929. The van der Waals surface area contributed by atoms with Gasteiger partial charge in [-0.15, -0.1) is 0 Å². The predicted molar refractivity (Wildman–Crippen MR) is 138 cm³/mol. The van der Waals surface area contributed by atoms with Gasteiger partial charge in [-0.2, -0.15) is 0 Å². The van der Waals surface area contributed by atoms with Gasteiger partial charge in [-0.25, -0.2) is 0 Å². The standard InChI is InChI=1S/C24H46O3.C4H10O2/c1-3-5-7-9-11-13-15-17-19-21-23(25)27-24(26)22-20-18-16-14-12-10-8-6-4-2;1-3-6-4(2)5/h3-22H2,1-2H3;4-5H,3H2,1-2H3. The van der Waals surface area contributed by atoms with Crippen molar-refractivity contribution >= 4 is 11.9 Å². The van der Waals surface area contributed by atoms with Crippen molar-refractivity contribution in [3.8, 4) is 0 Å². The molecule has 0 heterocycles. The first kappa shape index (κ1) is 34.2. The van der Waals surface area contributed by atoms with Crippen molar-refractivity contribution in [2.75, 3.05) is 6.61 Å². The second kappa shape index (κ2) is 29.1. The first-order valence-electron chi connectivity index (χ1n) is 14.0. The number of unbranched alkanes of at least 4 members (excludes halogenated alkanes) is 16. The number of ether oxygens (including phenoxy) is 2. The summed E-state index contributed by atoms with van der Waals surface area (Å²) < 4.78 is 9.51. The average molecular weight is 473 g/mol. The lowest BCUT2D eigenvalue weighted by Crippen LogP contribution is -2.11. The summed E-state index contributed by atoms with van der Waals surface area (Å²) in [6.07, 6.45) is 22.2. The largest absolute Gasteiger partial charge is 0.393 e. The molecule has 0 saturated heterocycles. The van der Waals surface area contributed by atoms with Crippen molar-refractivity contribution in [1.82, 2.24) is 0 Å². The molecule has 33 heavy (non-hydrogen) atoms. The van der Waals surface area contributed by atoms with Gasteiger partial charge >= 0.3 is 11.9 Å². The summed E-state index contributed by atoms with van der Waals surface area (Å²) in [5.74, 6) is -0.669. The van der Waals surface area contributed by atoms with Crippen LogP contribution in [0.3, 0.4) is 0 Å². The molecule has 0 aromatic rings. The smallest absolute Gasteiger partial charge is 0.313 e. The zero-order valence-corrected chi connectivity index (χ0v) is 22.5. The monoisotopic (exact) mass is 472 g/mol. The summed E-state index contributed by atoms with van der Waals surface area (Å²) in [5.41, 5.74) is 0. The summed E-state index contributed by atoms with van der Waals surface area (Å²) in [4.78, 5) is 23.4. The normalized spacial score (nSPS) is 11.5. The SMILES string of the molecule is CCCCCCCCCCCC(=O)OC(=O)CCCCCCCCCCC.CCOC(C)O. The molecule has 1 atom stereocenters. The maximum atomic E-state index is 11.7. The molecule has 198 valence electrons. The van der Waals surface area contributed by atoms with Crippen molar-refractivity contribution in [1.29, 1.82) is 0 Å². The summed E-state index contributed by atoms with van der Waals surface area (Å²) in [5, 5.41) is 8.33. The fourth-order valence-electron chi connectivity index (χ4n) is 3.63. The fourth-order valence-corrected chi connectivity index (χ4v) is 3.63. The van der Waals surface area contributed by atoms with Gasteiger partial charge < -0.3 is 14.6 Å². The lowest BCUT2D eigenvalue weighted by molar-refractivity contribution is -0.159. The first-order chi connectivity index (χ1) is 16.0. The van der Waals surface area contributed by atoms with Crippen LogP contribution in [0.25, 0.3) is 0 Å². The summed E-state index contributed by atoms with van der Waals surface area (Å²) in [7, 11) is 0. The van der Waals surface area contributed by atoms with Crippen LogP contribution in [0.2, 0.25) is 0 Å². The van der Waals surface area contributed by atoms with Gasteiger partial charge in [0.1, 0.15) is 0 Å². The highest BCUT2D eigenvalue weighted by Crippen LogP contribution is 2.12. The number of esters is 2. The minimum Gasteiger partial charge on any atom is -0.393 e. The number of carbonyl (C=O) groups is 2. The van der Waals surface area contributed by atoms with Crippen LogP contribution < -0.4 is 0 Å². The number of carbonyl (C=O) groups excluding carboxylic acids is 2. The summed E-state index contributed by atoms with van der Waals surface area (Å²) in [6, 6.07) is 0. The Balaban J connectivity index is 0. The molecular formula is C28H56O5.